The Morgan fingerprint density at radius 1 is 0.851 bits per heavy atom. The lowest BCUT2D eigenvalue weighted by molar-refractivity contribution is -0.137. The number of alkyl halides is 6. The van der Waals surface area contributed by atoms with Crippen molar-refractivity contribution >= 4 is 48.9 Å². The number of sulfone groups is 1. The molecule has 360 valence electrons. The molecule has 67 heavy (non-hydrogen) atoms. The Labute approximate surface area is 390 Å². The Hall–Kier alpha value is -5.12. The number of likely N-dealkylation sites (N-methyl/N-ethyl adjacent to an activating group) is 1. The summed E-state index contributed by atoms with van der Waals surface area (Å²) in [5.74, 6) is -1.36. The molecule has 20 heteroatoms. The summed E-state index contributed by atoms with van der Waals surface area (Å²) >= 11 is 1.38. The van der Waals surface area contributed by atoms with Crippen LogP contribution in [-0.2, 0) is 26.0 Å². The van der Waals surface area contributed by atoms with E-state index >= 15 is 0 Å². The van der Waals surface area contributed by atoms with Crippen molar-refractivity contribution in [2.45, 2.75) is 58.3 Å². The number of hydrogen-bond donors (Lipinski definition) is 4. The van der Waals surface area contributed by atoms with Crippen LogP contribution in [0.15, 0.2) is 136 Å². The van der Waals surface area contributed by atoms with E-state index in [1.54, 1.807) is 43.4 Å². The highest BCUT2D eigenvalue weighted by molar-refractivity contribution is 7.99. The number of anilines is 2. The average Bonchev–Trinajstić information content (AvgIpc) is 3.29. The number of halogens is 6. The van der Waals surface area contributed by atoms with Gasteiger partial charge in [0.2, 0.25) is 0 Å². The Kier molecular flexibility index (Phi) is 16.4. The maximum Gasteiger partial charge on any atom is 0.501 e. The highest BCUT2D eigenvalue weighted by Crippen LogP contribution is 2.40. The van der Waals surface area contributed by atoms with E-state index in [0.717, 1.165) is 29.2 Å². The van der Waals surface area contributed by atoms with Gasteiger partial charge >= 0.3 is 11.7 Å². The van der Waals surface area contributed by atoms with Gasteiger partial charge in [0.25, 0.3) is 25.8 Å². The van der Waals surface area contributed by atoms with Crippen LogP contribution >= 0.6 is 11.8 Å². The Bertz CT molecular complexity index is 2690. The predicted molar refractivity (Wildman–Crippen MR) is 246 cm³/mol. The van der Waals surface area contributed by atoms with Crippen molar-refractivity contribution in [3.05, 3.63) is 138 Å². The first kappa shape index (κ1) is 51.3. The highest BCUT2D eigenvalue weighted by Gasteiger charge is 2.48. The number of aliphatic hydroxyl groups is 2. The summed E-state index contributed by atoms with van der Waals surface area (Å²) in [7, 11) is -9.33. The van der Waals surface area contributed by atoms with Crippen molar-refractivity contribution in [3.8, 4) is 11.1 Å². The molecule has 1 aliphatic heterocycles. The van der Waals surface area contributed by atoms with Crippen molar-refractivity contribution in [2.75, 3.05) is 55.8 Å². The van der Waals surface area contributed by atoms with Crippen molar-refractivity contribution < 1.29 is 58.2 Å². The second kappa shape index (κ2) is 21.5. The lowest BCUT2D eigenvalue weighted by Crippen LogP contribution is -2.38. The molecule has 11 nitrogen and oxygen atoms in total. The Balaban J connectivity index is 1.14. The minimum Gasteiger partial charge on any atom is -0.395 e. The summed E-state index contributed by atoms with van der Waals surface area (Å²) in [5.41, 5.74) is -4.78. The number of carbonyl (C=O) groups is 1. The molecule has 1 fully saturated rings. The number of nitrogens with zero attached hydrogens (tertiary/aromatic N) is 2. The zero-order chi connectivity index (χ0) is 48.7. The second-order valence-electron chi connectivity index (χ2n) is 16.4. The number of carbonyl (C=O) groups excluding carboxylic acids is 1. The fourth-order valence-electron chi connectivity index (χ4n) is 7.92. The molecule has 1 heterocycles. The van der Waals surface area contributed by atoms with Crippen LogP contribution in [0.4, 0.5) is 37.7 Å². The Morgan fingerprint density at radius 3 is 2.09 bits per heavy atom. The molecule has 1 aliphatic rings. The highest BCUT2D eigenvalue weighted by atomic mass is 32.2. The molecule has 1 saturated heterocycles. The number of thioether (sulfide) groups is 1. The number of sulfonamides is 1. The standard InChI is InChI=1S/C47H50F6N4O7S3/c1-31(29-56(2)26-27-58)42(30-65-37-8-4-3-5-9-37)54-41-21-20-38(28-43(41)66(61,62)47(51,52)53)67(63,64)55-45(60)34-14-18-36(19-15-34)57-24-22-33(23-25-57)44(59)40-11-7-6-10-39(40)32-12-16-35(17-13-32)46(48,49)50/h3-21,28,31,33,42,44,54,58-59H,22-27,29-30H2,1-2H3,(H,55,60)/t31?,42-,44+/m0/s1. The molecule has 0 radical (unpaired) electrons. The van der Waals surface area contributed by atoms with Gasteiger partial charge in [-0.15, -0.1) is 11.8 Å². The number of hydrogen-bond acceptors (Lipinski definition) is 11. The monoisotopic (exact) mass is 992 g/mol. The molecule has 1 amide bonds. The van der Waals surface area contributed by atoms with Gasteiger partial charge in [0, 0.05) is 54.1 Å². The maximum atomic E-state index is 14.2. The molecule has 3 atom stereocenters. The molecule has 0 spiro atoms. The smallest absolute Gasteiger partial charge is 0.395 e. The van der Waals surface area contributed by atoms with Gasteiger partial charge in [-0.05, 0) is 115 Å². The van der Waals surface area contributed by atoms with E-state index in [1.807, 2.05) is 51.8 Å². The largest absolute Gasteiger partial charge is 0.501 e. The van der Waals surface area contributed by atoms with E-state index < -0.39 is 70.6 Å². The van der Waals surface area contributed by atoms with Crippen LogP contribution in [0.25, 0.3) is 11.1 Å². The van der Waals surface area contributed by atoms with Crippen LogP contribution in [0, 0.1) is 11.8 Å². The fraction of sp³-hybridized carbons (Fsp3) is 0.340. The minimum absolute atomic E-state index is 0.113. The van der Waals surface area contributed by atoms with Gasteiger partial charge in [0.15, 0.2) is 0 Å². The molecule has 5 aromatic rings. The summed E-state index contributed by atoms with van der Waals surface area (Å²) in [6.07, 6.45) is -4.32. The van der Waals surface area contributed by atoms with E-state index in [9.17, 15) is 58.2 Å². The number of amides is 1. The summed E-state index contributed by atoms with van der Waals surface area (Å²) in [6, 6.07) is 28.3. The molecule has 0 aromatic heterocycles. The number of piperidine rings is 1. The predicted octanol–water partition coefficient (Wildman–Crippen LogP) is 8.87. The van der Waals surface area contributed by atoms with E-state index in [-0.39, 0.29) is 29.8 Å². The average molecular weight is 993 g/mol. The van der Waals surface area contributed by atoms with Crippen LogP contribution in [0.1, 0.15) is 47.4 Å². The van der Waals surface area contributed by atoms with Gasteiger partial charge in [-0.3, -0.25) is 4.79 Å². The quantitative estimate of drug-likeness (QED) is 0.0492. The third-order valence-corrected chi connectivity index (χ3v) is 15.6. The lowest BCUT2D eigenvalue weighted by atomic mass is 9.84. The molecular formula is C47H50F6N4O7S3. The van der Waals surface area contributed by atoms with E-state index in [2.05, 4.69) is 5.32 Å². The summed E-state index contributed by atoms with van der Waals surface area (Å²) < 4.78 is 137. The van der Waals surface area contributed by atoms with Crippen molar-refractivity contribution in [1.82, 2.24) is 9.62 Å². The van der Waals surface area contributed by atoms with Gasteiger partial charge in [-0.25, -0.2) is 21.6 Å². The number of benzene rings is 5. The first-order valence-corrected chi connectivity index (χ1v) is 25.1. The van der Waals surface area contributed by atoms with Crippen molar-refractivity contribution in [2.24, 2.45) is 11.8 Å². The summed E-state index contributed by atoms with van der Waals surface area (Å²) in [4.78, 5) is 15.7. The summed E-state index contributed by atoms with van der Waals surface area (Å²) in [5, 5.41) is 23.8. The molecular weight excluding hydrogens is 943 g/mol. The van der Waals surface area contributed by atoms with Gasteiger partial charge in [-0.2, -0.15) is 26.3 Å². The van der Waals surface area contributed by atoms with E-state index in [1.165, 1.54) is 36.0 Å². The topological polar surface area (TPSA) is 156 Å². The minimum atomic E-state index is -6.14. The number of aliphatic hydroxyl groups excluding tert-OH is 2. The molecule has 0 bridgehead atoms. The first-order chi connectivity index (χ1) is 31.6. The van der Waals surface area contributed by atoms with Crippen LogP contribution in [0.2, 0.25) is 0 Å². The van der Waals surface area contributed by atoms with Crippen molar-refractivity contribution in [1.29, 1.82) is 0 Å². The van der Waals surface area contributed by atoms with E-state index in [0.29, 0.717) is 67.5 Å². The zero-order valence-corrected chi connectivity index (χ0v) is 38.8. The number of nitrogens with one attached hydrogen (secondary N) is 2. The van der Waals surface area contributed by atoms with Crippen LogP contribution in [0.3, 0.4) is 0 Å². The van der Waals surface area contributed by atoms with Gasteiger partial charge < -0.3 is 25.3 Å². The zero-order valence-electron chi connectivity index (χ0n) is 36.3. The molecule has 0 saturated carbocycles. The molecule has 0 aliphatic carbocycles. The lowest BCUT2D eigenvalue weighted by Gasteiger charge is -2.36. The van der Waals surface area contributed by atoms with Crippen molar-refractivity contribution in [3.63, 3.8) is 0 Å². The Morgan fingerprint density at radius 2 is 1.48 bits per heavy atom. The van der Waals surface area contributed by atoms with Crippen LogP contribution < -0.4 is 14.9 Å². The first-order valence-electron chi connectivity index (χ1n) is 21.1. The number of rotatable bonds is 18. The normalized spacial score (nSPS) is 15.5. The third-order valence-electron chi connectivity index (χ3n) is 11.7. The maximum absolute atomic E-state index is 14.2. The summed E-state index contributed by atoms with van der Waals surface area (Å²) in [6.45, 7) is 3.33. The SMILES string of the molecule is CC(CN(C)CCO)[C@H](CSc1ccccc1)Nc1ccc(S(=O)(=O)NC(=O)c2ccc(N3CCC([C@@H](O)c4ccccc4-c4ccc(C(F)(F)F)cc4)CC3)cc2)cc1S(=O)(=O)C(F)(F)F. The molecule has 6 rings (SSSR count). The second-order valence-corrected chi connectivity index (χ2v) is 21.0. The van der Waals surface area contributed by atoms with Gasteiger partial charge in [0.1, 0.15) is 4.90 Å². The van der Waals surface area contributed by atoms with Crippen LogP contribution in [0.5, 0.6) is 0 Å². The van der Waals surface area contributed by atoms with Crippen LogP contribution in [-0.4, -0.2) is 95.0 Å². The molecule has 5 aromatic carbocycles. The van der Waals surface area contributed by atoms with E-state index in [4.69, 9.17) is 0 Å². The molecule has 1 unspecified atom stereocenters. The fourth-order valence-corrected chi connectivity index (χ4v) is 11.1. The molecule has 4 N–H and O–H groups in total. The van der Waals surface area contributed by atoms with Gasteiger partial charge in [0.05, 0.1) is 28.9 Å². The third kappa shape index (κ3) is 12.7. The van der Waals surface area contributed by atoms with Gasteiger partial charge in [-0.1, -0.05) is 61.5 Å².